The van der Waals surface area contributed by atoms with Crippen LogP contribution < -0.4 is 0 Å². The zero-order valence-corrected chi connectivity index (χ0v) is 7.49. The van der Waals surface area contributed by atoms with Crippen LogP contribution in [-0.4, -0.2) is 27.7 Å². The molecule has 0 aromatic carbocycles. The summed E-state index contributed by atoms with van der Waals surface area (Å²) in [6.45, 7) is 0. The number of allylic oxidation sites excluding steroid dienone is 1. The number of aliphatic hydroxyl groups is 2. The molecule has 0 heterocycles. The fraction of sp³-hybridized carbons (Fsp3) is 0.700. The Kier molecular flexibility index (Phi) is 2.00. The molecule has 1 fully saturated rings. The van der Waals surface area contributed by atoms with E-state index in [2.05, 4.69) is 0 Å². The maximum atomic E-state index is 11.1. The SMILES string of the molecule is O=C1C=C2CCCC(O)C2(O)CC1. The fourth-order valence-electron chi connectivity index (χ4n) is 2.26. The van der Waals surface area contributed by atoms with Gasteiger partial charge in [0.15, 0.2) is 5.78 Å². The standard InChI is InChI=1S/C10H14O3/c11-8-4-5-10(13)7(6-8)2-1-3-9(10)12/h6,9,12-13H,1-5H2. The molecular formula is C10H14O3. The predicted molar refractivity (Wildman–Crippen MR) is 47.1 cm³/mol. The van der Waals surface area contributed by atoms with Crippen LogP contribution in [-0.2, 0) is 4.79 Å². The van der Waals surface area contributed by atoms with Gasteiger partial charge in [-0.25, -0.2) is 0 Å². The molecule has 2 atom stereocenters. The van der Waals surface area contributed by atoms with E-state index in [4.69, 9.17) is 0 Å². The van der Waals surface area contributed by atoms with Crippen molar-refractivity contribution in [1.82, 2.24) is 0 Å². The molecule has 0 aromatic rings. The minimum absolute atomic E-state index is 0.0776. The van der Waals surface area contributed by atoms with Crippen molar-refractivity contribution in [2.45, 2.75) is 43.8 Å². The second kappa shape index (κ2) is 2.93. The van der Waals surface area contributed by atoms with Gasteiger partial charge in [-0.1, -0.05) is 0 Å². The van der Waals surface area contributed by atoms with E-state index in [1.165, 1.54) is 6.08 Å². The highest BCUT2D eigenvalue weighted by Gasteiger charge is 2.43. The molecule has 0 radical (unpaired) electrons. The van der Waals surface area contributed by atoms with Gasteiger partial charge in [-0.05, 0) is 37.3 Å². The van der Waals surface area contributed by atoms with E-state index in [0.717, 1.165) is 18.4 Å². The molecule has 2 unspecified atom stereocenters. The van der Waals surface area contributed by atoms with E-state index >= 15 is 0 Å². The number of carbonyl (C=O) groups excluding carboxylic acids is 1. The van der Waals surface area contributed by atoms with Gasteiger partial charge < -0.3 is 10.2 Å². The zero-order chi connectivity index (χ0) is 9.47. The van der Waals surface area contributed by atoms with Gasteiger partial charge >= 0.3 is 0 Å². The summed E-state index contributed by atoms with van der Waals surface area (Å²) >= 11 is 0. The molecule has 2 aliphatic carbocycles. The van der Waals surface area contributed by atoms with Crippen LogP contribution >= 0.6 is 0 Å². The van der Waals surface area contributed by atoms with Crippen molar-refractivity contribution in [2.75, 3.05) is 0 Å². The van der Waals surface area contributed by atoms with E-state index in [0.29, 0.717) is 19.3 Å². The van der Waals surface area contributed by atoms with Gasteiger partial charge in [-0.2, -0.15) is 0 Å². The molecular weight excluding hydrogens is 168 g/mol. The average molecular weight is 182 g/mol. The predicted octanol–water partition coefficient (Wildman–Crippen LogP) is 0.552. The molecule has 2 N–H and O–H groups in total. The number of carbonyl (C=O) groups is 1. The number of aliphatic hydroxyl groups excluding tert-OH is 1. The summed E-state index contributed by atoms with van der Waals surface area (Å²) < 4.78 is 0. The summed E-state index contributed by atoms with van der Waals surface area (Å²) in [7, 11) is 0. The topological polar surface area (TPSA) is 57.5 Å². The smallest absolute Gasteiger partial charge is 0.155 e. The van der Waals surface area contributed by atoms with Gasteiger partial charge in [0.2, 0.25) is 0 Å². The van der Waals surface area contributed by atoms with Crippen LogP contribution in [0.2, 0.25) is 0 Å². The molecule has 3 nitrogen and oxygen atoms in total. The van der Waals surface area contributed by atoms with Crippen LogP contribution in [0.5, 0.6) is 0 Å². The third-order valence-corrected chi connectivity index (χ3v) is 3.12. The maximum Gasteiger partial charge on any atom is 0.155 e. The molecule has 0 bridgehead atoms. The van der Waals surface area contributed by atoms with Crippen molar-refractivity contribution in [3.63, 3.8) is 0 Å². The molecule has 0 spiro atoms. The number of hydrogen-bond acceptors (Lipinski definition) is 3. The molecule has 72 valence electrons. The molecule has 0 aromatic heterocycles. The molecule has 0 saturated heterocycles. The summed E-state index contributed by atoms with van der Waals surface area (Å²) in [5, 5.41) is 19.8. The third-order valence-electron chi connectivity index (χ3n) is 3.12. The molecule has 0 aliphatic heterocycles. The van der Waals surface area contributed by atoms with Crippen LogP contribution in [0.3, 0.4) is 0 Å². The Morgan fingerprint density at radius 2 is 2.23 bits per heavy atom. The largest absolute Gasteiger partial charge is 0.390 e. The van der Waals surface area contributed by atoms with Gasteiger partial charge in [0, 0.05) is 6.42 Å². The minimum Gasteiger partial charge on any atom is -0.390 e. The van der Waals surface area contributed by atoms with Crippen molar-refractivity contribution < 1.29 is 15.0 Å². The van der Waals surface area contributed by atoms with Gasteiger partial charge in [0.05, 0.1) is 6.10 Å². The lowest BCUT2D eigenvalue weighted by Crippen LogP contribution is -2.48. The second-order valence-corrected chi connectivity index (χ2v) is 3.97. The van der Waals surface area contributed by atoms with Crippen molar-refractivity contribution in [2.24, 2.45) is 0 Å². The van der Waals surface area contributed by atoms with E-state index in [9.17, 15) is 15.0 Å². The van der Waals surface area contributed by atoms with Crippen LogP contribution in [0, 0.1) is 0 Å². The molecule has 0 amide bonds. The van der Waals surface area contributed by atoms with Crippen LogP contribution in [0.15, 0.2) is 11.6 Å². The Bertz CT molecular complexity index is 269. The lowest BCUT2D eigenvalue weighted by Gasteiger charge is -2.41. The maximum absolute atomic E-state index is 11.1. The number of ketones is 1. The summed E-state index contributed by atoms with van der Waals surface area (Å²) in [5.74, 6) is 0.0776. The quantitative estimate of drug-likeness (QED) is 0.575. The Balaban J connectivity index is 2.34. The van der Waals surface area contributed by atoms with Crippen LogP contribution in [0.1, 0.15) is 32.1 Å². The molecule has 1 saturated carbocycles. The Morgan fingerprint density at radius 3 is 3.00 bits per heavy atom. The fourth-order valence-corrected chi connectivity index (χ4v) is 2.26. The third kappa shape index (κ3) is 1.32. The number of fused-ring (bicyclic) bond motifs is 1. The van der Waals surface area contributed by atoms with Gasteiger partial charge in [-0.3, -0.25) is 4.79 Å². The molecule has 2 aliphatic rings. The lowest BCUT2D eigenvalue weighted by molar-refractivity contribution is -0.120. The van der Waals surface area contributed by atoms with Crippen molar-refractivity contribution in [1.29, 1.82) is 0 Å². The first-order chi connectivity index (χ1) is 6.13. The van der Waals surface area contributed by atoms with Gasteiger partial charge in [-0.15, -0.1) is 0 Å². The monoisotopic (exact) mass is 182 g/mol. The average Bonchev–Trinajstić information content (AvgIpc) is 2.09. The molecule has 2 rings (SSSR count). The summed E-state index contributed by atoms with van der Waals surface area (Å²) in [4.78, 5) is 11.1. The highest BCUT2D eigenvalue weighted by molar-refractivity contribution is 5.92. The van der Waals surface area contributed by atoms with Crippen molar-refractivity contribution in [3.8, 4) is 0 Å². The lowest BCUT2D eigenvalue weighted by atomic mass is 9.72. The Labute approximate surface area is 77.1 Å². The zero-order valence-electron chi connectivity index (χ0n) is 7.49. The molecule has 3 heteroatoms. The van der Waals surface area contributed by atoms with Crippen LogP contribution in [0.25, 0.3) is 0 Å². The summed E-state index contributed by atoms with van der Waals surface area (Å²) in [6, 6.07) is 0. The van der Waals surface area contributed by atoms with Crippen molar-refractivity contribution >= 4 is 5.78 Å². The Morgan fingerprint density at radius 1 is 1.46 bits per heavy atom. The van der Waals surface area contributed by atoms with Crippen LogP contribution in [0.4, 0.5) is 0 Å². The van der Waals surface area contributed by atoms with Gasteiger partial charge in [0.1, 0.15) is 5.60 Å². The summed E-state index contributed by atoms with van der Waals surface area (Å²) in [6.07, 6.45) is 3.84. The summed E-state index contributed by atoms with van der Waals surface area (Å²) in [5.41, 5.74) is -0.353. The first kappa shape index (κ1) is 8.91. The van der Waals surface area contributed by atoms with E-state index < -0.39 is 11.7 Å². The molecule has 13 heavy (non-hydrogen) atoms. The van der Waals surface area contributed by atoms with E-state index in [1.807, 2.05) is 0 Å². The van der Waals surface area contributed by atoms with Gasteiger partial charge in [0.25, 0.3) is 0 Å². The highest BCUT2D eigenvalue weighted by Crippen LogP contribution is 2.39. The van der Waals surface area contributed by atoms with E-state index in [-0.39, 0.29) is 5.78 Å². The Hall–Kier alpha value is -0.670. The normalized spacial score (nSPS) is 39.7. The van der Waals surface area contributed by atoms with Crippen molar-refractivity contribution in [3.05, 3.63) is 11.6 Å². The minimum atomic E-state index is -1.09. The number of hydrogen-bond donors (Lipinski definition) is 2. The first-order valence-electron chi connectivity index (χ1n) is 4.77. The second-order valence-electron chi connectivity index (χ2n) is 3.97. The first-order valence-corrected chi connectivity index (χ1v) is 4.77. The number of rotatable bonds is 0. The van der Waals surface area contributed by atoms with E-state index in [1.54, 1.807) is 0 Å². The highest BCUT2D eigenvalue weighted by atomic mass is 16.3.